The van der Waals surface area contributed by atoms with Gasteiger partial charge in [-0.15, -0.1) is 0 Å². The molecule has 0 aromatic carbocycles. The maximum absolute atomic E-state index is 11.8. The van der Waals surface area contributed by atoms with Gasteiger partial charge in [-0.1, -0.05) is 0 Å². The van der Waals surface area contributed by atoms with Gasteiger partial charge < -0.3 is 15.3 Å². The van der Waals surface area contributed by atoms with E-state index < -0.39 is 0 Å². The monoisotopic (exact) mass is 247 g/mol. The number of carbonyl (C=O) groups excluding carboxylic acids is 1. The summed E-state index contributed by atoms with van der Waals surface area (Å²) >= 11 is 0. The van der Waals surface area contributed by atoms with Crippen LogP contribution in [-0.2, 0) is 0 Å². The van der Waals surface area contributed by atoms with Gasteiger partial charge in [-0.3, -0.25) is 9.59 Å². The Hall–Kier alpha value is -2.44. The van der Waals surface area contributed by atoms with E-state index in [-0.39, 0.29) is 23.2 Å². The Morgan fingerprint density at radius 2 is 2.17 bits per heavy atom. The fourth-order valence-corrected chi connectivity index (χ4v) is 1.46. The summed E-state index contributed by atoms with van der Waals surface area (Å²) in [7, 11) is 0. The zero-order valence-corrected chi connectivity index (χ0v) is 10.0. The van der Waals surface area contributed by atoms with Crippen LogP contribution in [0, 0.1) is 6.92 Å². The van der Waals surface area contributed by atoms with E-state index in [9.17, 15) is 9.59 Å². The van der Waals surface area contributed by atoms with Gasteiger partial charge in [-0.05, 0) is 13.8 Å². The third-order valence-electron chi connectivity index (χ3n) is 2.38. The highest BCUT2D eigenvalue weighted by molar-refractivity contribution is 5.92. The summed E-state index contributed by atoms with van der Waals surface area (Å²) in [6, 6.07) is -0.264. The first-order valence-corrected chi connectivity index (χ1v) is 5.43. The number of nitrogens with one attached hydrogen (secondary N) is 3. The molecule has 1 atom stereocenters. The number of aryl methyl sites for hydroxylation is 1. The first kappa shape index (κ1) is 12.0. The van der Waals surface area contributed by atoms with Crippen LogP contribution in [-0.4, -0.2) is 25.8 Å². The van der Waals surface area contributed by atoms with Gasteiger partial charge in [-0.2, -0.15) is 0 Å². The molecule has 0 radical (unpaired) electrons. The van der Waals surface area contributed by atoms with Crippen LogP contribution in [0.3, 0.4) is 0 Å². The largest absolute Gasteiger partial charge is 0.344 e. The van der Waals surface area contributed by atoms with E-state index in [4.69, 9.17) is 0 Å². The second-order valence-electron chi connectivity index (χ2n) is 3.94. The van der Waals surface area contributed by atoms with Gasteiger partial charge in [0, 0.05) is 18.1 Å². The molecule has 0 fully saturated rings. The van der Waals surface area contributed by atoms with Gasteiger partial charge in [0.25, 0.3) is 11.5 Å². The minimum Gasteiger partial charge on any atom is -0.344 e. The van der Waals surface area contributed by atoms with Crippen LogP contribution in [0.25, 0.3) is 0 Å². The van der Waals surface area contributed by atoms with Crippen LogP contribution in [0.2, 0.25) is 0 Å². The van der Waals surface area contributed by atoms with Gasteiger partial charge >= 0.3 is 0 Å². The fourth-order valence-electron chi connectivity index (χ4n) is 1.46. The van der Waals surface area contributed by atoms with Crippen molar-refractivity contribution in [2.24, 2.45) is 0 Å². The molecule has 0 bridgehead atoms. The Morgan fingerprint density at radius 1 is 1.39 bits per heavy atom. The Morgan fingerprint density at radius 3 is 2.72 bits per heavy atom. The van der Waals surface area contributed by atoms with E-state index in [1.165, 1.54) is 6.20 Å². The van der Waals surface area contributed by atoms with Crippen molar-refractivity contribution < 1.29 is 4.79 Å². The van der Waals surface area contributed by atoms with E-state index in [2.05, 4.69) is 25.3 Å². The molecule has 2 aromatic heterocycles. The zero-order chi connectivity index (χ0) is 13.1. The first-order chi connectivity index (χ1) is 8.56. The molecule has 2 aromatic rings. The van der Waals surface area contributed by atoms with Crippen molar-refractivity contribution in [2.45, 2.75) is 19.9 Å². The van der Waals surface area contributed by atoms with E-state index in [0.717, 1.165) is 11.9 Å². The predicted octanol–water partition coefficient (Wildman–Crippen LogP) is 0.292. The third kappa shape index (κ3) is 2.62. The first-order valence-electron chi connectivity index (χ1n) is 5.43. The smallest absolute Gasteiger partial charge is 0.271 e. The molecule has 0 aliphatic heterocycles. The van der Waals surface area contributed by atoms with E-state index in [0.29, 0.717) is 5.82 Å². The van der Waals surface area contributed by atoms with Crippen molar-refractivity contribution in [2.75, 3.05) is 0 Å². The van der Waals surface area contributed by atoms with Crippen LogP contribution >= 0.6 is 0 Å². The number of aromatic nitrogens is 4. The molecule has 0 spiro atoms. The quantitative estimate of drug-likeness (QED) is 0.725. The van der Waals surface area contributed by atoms with Crippen LogP contribution in [0.1, 0.15) is 35.0 Å². The maximum Gasteiger partial charge on any atom is 0.271 e. The third-order valence-corrected chi connectivity index (χ3v) is 2.38. The van der Waals surface area contributed by atoms with Gasteiger partial charge in [0.1, 0.15) is 11.5 Å². The molecule has 0 saturated heterocycles. The Labute approximate surface area is 103 Å². The Bertz CT molecular complexity index is 595. The van der Waals surface area contributed by atoms with E-state index in [1.807, 2.05) is 13.8 Å². The van der Waals surface area contributed by atoms with E-state index >= 15 is 0 Å². The number of imidazole rings is 1. The van der Waals surface area contributed by atoms with Gasteiger partial charge in [0.15, 0.2) is 0 Å². The normalized spacial score (nSPS) is 12.1. The number of hydrogen-bond donors (Lipinski definition) is 3. The second-order valence-corrected chi connectivity index (χ2v) is 3.94. The summed E-state index contributed by atoms with van der Waals surface area (Å²) in [5, 5.41) is 2.73. The molecule has 2 rings (SSSR count). The molecule has 1 amide bonds. The molecule has 0 saturated carbocycles. The highest BCUT2D eigenvalue weighted by atomic mass is 16.2. The average molecular weight is 247 g/mol. The van der Waals surface area contributed by atoms with Crippen molar-refractivity contribution >= 4 is 5.91 Å². The molecule has 2 heterocycles. The standard InChI is InChI=1S/C11H13N5O2/c1-6-3-14-10(15-6)7(2)16-11(18)8-4-13-9(17)5-12-8/h3-5,7H,1-2H3,(H,13,17)(H,14,15)(H,16,18)/t7-/m0/s1. The summed E-state index contributed by atoms with van der Waals surface area (Å²) in [6.07, 6.45) is 4.03. The molecule has 7 heteroatoms. The minimum absolute atomic E-state index is 0.157. The lowest BCUT2D eigenvalue weighted by atomic mass is 10.3. The number of rotatable bonds is 3. The summed E-state index contributed by atoms with van der Waals surface area (Å²) in [5.74, 6) is 0.304. The molecule has 0 aliphatic carbocycles. The van der Waals surface area contributed by atoms with Crippen molar-refractivity contribution in [1.29, 1.82) is 0 Å². The maximum atomic E-state index is 11.8. The minimum atomic E-state index is -0.368. The number of amides is 1. The predicted molar refractivity (Wildman–Crippen MR) is 64.1 cm³/mol. The molecular weight excluding hydrogens is 234 g/mol. The molecular formula is C11H13N5O2. The van der Waals surface area contributed by atoms with Crippen LogP contribution < -0.4 is 10.9 Å². The van der Waals surface area contributed by atoms with Crippen molar-refractivity contribution in [3.63, 3.8) is 0 Å². The van der Waals surface area contributed by atoms with E-state index in [1.54, 1.807) is 6.20 Å². The van der Waals surface area contributed by atoms with Crippen molar-refractivity contribution in [3.8, 4) is 0 Å². The second kappa shape index (κ2) is 4.82. The molecule has 3 N–H and O–H groups in total. The summed E-state index contributed by atoms with van der Waals surface area (Å²) in [4.78, 5) is 35.9. The molecule has 0 aliphatic rings. The lowest BCUT2D eigenvalue weighted by Crippen LogP contribution is -2.28. The zero-order valence-electron chi connectivity index (χ0n) is 10.0. The van der Waals surface area contributed by atoms with Crippen LogP contribution in [0.5, 0.6) is 0 Å². The van der Waals surface area contributed by atoms with Gasteiger partial charge in [-0.25, -0.2) is 9.97 Å². The number of H-pyrrole nitrogens is 2. The lowest BCUT2D eigenvalue weighted by Gasteiger charge is -2.10. The Kier molecular flexibility index (Phi) is 3.22. The topological polar surface area (TPSA) is 104 Å². The highest BCUT2D eigenvalue weighted by Gasteiger charge is 2.14. The van der Waals surface area contributed by atoms with Gasteiger partial charge in [0.05, 0.1) is 12.2 Å². The Balaban J connectivity index is 2.07. The highest BCUT2D eigenvalue weighted by Crippen LogP contribution is 2.08. The number of nitrogens with zero attached hydrogens (tertiary/aromatic N) is 2. The van der Waals surface area contributed by atoms with Crippen molar-refractivity contribution in [1.82, 2.24) is 25.3 Å². The van der Waals surface area contributed by atoms with Crippen molar-refractivity contribution in [3.05, 3.63) is 46.2 Å². The lowest BCUT2D eigenvalue weighted by molar-refractivity contribution is 0.0933. The fraction of sp³-hybridized carbons (Fsp3) is 0.273. The number of aromatic amines is 2. The average Bonchev–Trinajstić information content (AvgIpc) is 2.76. The van der Waals surface area contributed by atoms with Crippen LogP contribution in [0.15, 0.2) is 23.4 Å². The summed E-state index contributed by atoms with van der Waals surface area (Å²) in [6.45, 7) is 3.69. The molecule has 0 unspecified atom stereocenters. The molecule has 18 heavy (non-hydrogen) atoms. The number of hydrogen-bond acceptors (Lipinski definition) is 4. The molecule has 94 valence electrons. The summed E-state index contributed by atoms with van der Waals surface area (Å²) in [5.41, 5.74) is 0.735. The molecule has 7 nitrogen and oxygen atoms in total. The SMILES string of the molecule is Cc1cnc([C@H](C)NC(=O)c2c[nH]c(=O)cn2)[nH]1. The van der Waals surface area contributed by atoms with Gasteiger partial charge in [0.2, 0.25) is 0 Å². The van der Waals surface area contributed by atoms with Crippen LogP contribution in [0.4, 0.5) is 0 Å². The summed E-state index contributed by atoms with van der Waals surface area (Å²) < 4.78 is 0. The number of carbonyl (C=O) groups is 1.